The van der Waals surface area contributed by atoms with Crippen molar-refractivity contribution in [1.82, 2.24) is 10.2 Å². The maximum absolute atomic E-state index is 12.9. The molecule has 0 aliphatic carbocycles. The first kappa shape index (κ1) is 19.6. The summed E-state index contributed by atoms with van der Waals surface area (Å²) < 4.78 is 0. The third kappa shape index (κ3) is 5.43. The van der Waals surface area contributed by atoms with Crippen LogP contribution in [0.15, 0.2) is 54.6 Å². The molecule has 0 saturated carbocycles. The fraction of sp³-hybridized carbons (Fsp3) is 0.458. The van der Waals surface area contributed by atoms with Crippen LogP contribution in [-0.4, -0.2) is 23.9 Å². The standard InChI is InChI=1S/C24H32N2O/c1-3-19(2)23(22-9-5-4-6-10-22)24(27)25-17-20-11-13-21(14-12-20)18-26-15-7-8-16-26/h4-6,9-14,19,23H,3,7-8,15-18H2,1-2H3,(H,25,27). The number of carbonyl (C=O) groups excluding carboxylic acids is 1. The summed E-state index contributed by atoms with van der Waals surface area (Å²) in [4.78, 5) is 15.4. The highest BCUT2D eigenvalue weighted by atomic mass is 16.1. The van der Waals surface area contributed by atoms with Gasteiger partial charge in [-0.15, -0.1) is 0 Å². The molecule has 2 aromatic rings. The van der Waals surface area contributed by atoms with E-state index in [1.54, 1.807) is 0 Å². The summed E-state index contributed by atoms with van der Waals surface area (Å²) in [5.74, 6) is 0.345. The molecule has 27 heavy (non-hydrogen) atoms. The second kappa shape index (κ2) is 9.70. The predicted molar refractivity (Wildman–Crippen MR) is 111 cm³/mol. The van der Waals surface area contributed by atoms with E-state index in [0.29, 0.717) is 12.5 Å². The molecular weight excluding hydrogens is 332 g/mol. The van der Waals surface area contributed by atoms with E-state index in [0.717, 1.165) is 24.1 Å². The van der Waals surface area contributed by atoms with Gasteiger partial charge in [-0.1, -0.05) is 74.9 Å². The Morgan fingerprint density at radius 3 is 2.26 bits per heavy atom. The van der Waals surface area contributed by atoms with Crippen LogP contribution in [-0.2, 0) is 17.9 Å². The topological polar surface area (TPSA) is 32.3 Å². The average molecular weight is 365 g/mol. The minimum atomic E-state index is -0.0920. The van der Waals surface area contributed by atoms with Gasteiger partial charge in [0.05, 0.1) is 5.92 Å². The van der Waals surface area contributed by atoms with E-state index in [9.17, 15) is 4.79 Å². The second-order valence-corrected chi connectivity index (χ2v) is 7.79. The van der Waals surface area contributed by atoms with Crippen LogP contribution >= 0.6 is 0 Å². The lowest BCUT2D eigenvalue weighted by atomic mass is 9.85. The molecule has 0 spiro atoms. The lowest BCUT2D eigenvalue weighted by Gasteiger charge is -2.23. The van der Waals surface area contributed by atoms with E-state index in [2.05, 4.69) is 60.5 Å². The first-order chi connectivity index (χ1) is 13.2. The Bertz CT molecular complexity index is 705. The summed E-state index contributed by atoms with van der Waals surface area (Å²) in [6.07, 6.45) is 3.63. The number of hydrogen-bond acceptors (Lipinski definition) is 2. The molecule has 1 aliphatic heterocycles. The maximum atomic E-state index is 12.9. The molecule has 2 aromatic carbocycles. The lowest BCUT2D eigenvalue weighted by Crippen LogP contribution is -2.32. The van der Waals surface area contributed by atoms with E-state index in [4.69, 9.17) is 0 Å². The molecule has 2 unspecified atom stereocenters. The van der Waals surface area contributed by atoms with Crippen molar-refractivity contribution < 1.29 is 4.79 Å². The van der Waals surface area contributed by atoms with Gasteiger partial charge in [0.15, 0.2) is 0 Å². The van der Waals surface area contributed by atoms with Gasteiger partial charge >= 0.3 is 0 Å². The highest BCUT2D eigenvalue weighted by Crippen LogP contribution is 2.27. The molecule has 3 heteroatoms. The van der Waals surface area contributed by atoms with Gasteiger partial charge in [0.2, 0.25) is 5.91 Å². The Morgan fingerprint density at radius 1 is 1.00 bits per heavy atom. The Balaban J connectivity index is 1.58. The SMILES string of the molecule is CCC(C)C(C(=O)NCc1ccc(CN2CCCC2)cc1)c1ccccc1. The van der Waals surface area contributed by atoms with Crippen LogP contribution < -0.4 is 5.32 Å². The summed E-state index contributed by atoms with van der Waals surface area (Å²) in [7, 11) is 0. The molecule has 144 valence electrons. The summed E-state index contributed by atoms with van der Waals surface area (Å²) in [6, 6.07) is 18.8. The number of likely N-dealkylation sites (tertiary alicyclic amines) is 1. The number of nitrogens with zero attached hydrogens (tertiary/aromatic N) is 1. The minimum Gasteiger partial charge on any atom is -0.351 e. The van der Waals surface area contributed by atoms with Gasteiger partial charge in [0, 0.05) is 13.1 Å². The Morgan fingerprint density at radius 2 is 1.63 bits per heavy atom. The monoisotopic (exact) mass is 364 g/mol. The van der Waals surface area contributed by atoms with Gasteiger partial charge in [0.1, 0.15) is 0 Å². The Hall–Kier alpha value is -2.13. The van der Waals surface area contributed by atoms with Crippen LogP contribution in [0.3, 0.4) is 0 Å². The predicted octanol–water partition coefficient (Wildman–Crippen LogP) is 4.73. The number of hydrogen-bond donors (Lipinski definition) is 1. The van der Waals surface area contributed by atoms with Crippen molar-refractivity contribution in [1.29, 1.82) is 0 Å². The van der Waals surface area contributed by atoms with Crippen molar-refractivity contribution in [2.45, 2.75) is 52.1 Å². The van der Waals surface area contributed by atoms with Crippen LogP contribution in [0, 0.1) is 5.92 Å². The molecule has 1 N–H and O–H groups in total. The van der Waals surface area contributed by atoms with E-state index >= 15 is 0 Å². The van der Waals surface area contributed by atoms with Crippen LogP contribution in [0.1, 0.15) is 55.7 Å². The highest BCUT2D eigenvalue weighted by molar-refractivity contribution is 5.83. The first-order valence-corrected chi connectivity index (χ1v) is 10.3. The molecule has 2 atom stereocenters. The number of amides is 1. The Labute approximate surface area is 163 Å². The Kier molecular flexibility index (Phi) is 7.05. The summed E-state index contributed by atoms with van der Waals surface area (Å²) in [6.45, 7) is 8.36. The summed E-state index contributed by atoms with van der Waals surface area (Å²) in [5.41, 5.74) is 3.61. The molecule has 1 saturated heterocycles. The van der Waals surface area contributed by atoms with Crippen molar-refractivity contribution in [3.63, 3.8) is 0 Å². The van der Waals surface area contributed by atoms with Crippen LogP contribution in [0.25, 0.3) is 0 Å². The molecule has 1 amide bonds. The molecule has 0 radical (unpaired) electrons. The number of benzene rings is 2. The van der Waals surface area contributed by atoms with E-state index in [1.807, 2.05) is 18.2 Å². The van der Waals surface area contributed by atoms with Crippen molar-refractivity contribution in [3.05, 3.63) is 71.3 Å². The van der Waals surface area contributed by atoms with Gasteiger partial charge in [-0.3, -0.25) is 9.69 Å². The fourth-order valence-electron chi connectivity index (χ4n) is 3.89. The molecule has 0 bridgehead atoms. The molecular formula is C24H32N2O. The largest absolute Gasteiger partial charge is 0.351 e. The molecule has 1 heterocycles. The summed E-state index contributed by atoms with van der Waals surface area (Å²) >= 11 is 0. The van der Waals surface area contributed by atoms with Crippen LogP contribution in [0.4, 0.5) is 0 Å². The highest BCUT2D eigenvalue weighted by Gasteiger charge is 2.25. The fourth-order valence-corrected chi connectivity index (χ4v) is 3.89. The molecule has 1 fully saturated rings. The minimum absolute atomic E-state index is 0.0920. The third-order valence-corrected chi connectivity index (χ3v) is 5.75. The van der Waals surface area contributed by atoms with Gasteiger partial charge in [-0.2, -0.15) is 0 Å². The van der Waals surface area contributed by atoms with Gasteiger partial charge in [-0.05, 0) is 48.5 Å². The maximum Gasteiger partial charge on any atom is 0.228 e. The van der Waals surface area contributed by atoms with Crippen molar-refractivity contribution in [2.24, 2.45) is 5.92 Å². The number of nitrogens with one attached hydrogen (secondary N) is 1. The number of carbonyl (C=O) groups is 1. The number of rotatable bonds is 8. The smallest absolute Gasteiger partial charge is 0.228 e. The first-order valence-electron chi connectivity index (χ1n) is 10.3. The molecule has 0 aromatic heterocycles. The van der Waals surface area contributed by atoms with Crippen molar-refractivity contribution in [3.8, 4) is 0 Å². The van der Waals surface area contributed by atoms with Crippen LogP contribution in [0.2, 0.25) is 0 Å². The van der Waals surface area contributed by atoms with Crippen molar-refractivity contribution in [2.75, 3.05) is 13.1 Å². The molecule has 3 rings (SSSR count). The normalized spacial score (nSPS) is 16.8. The summed E-state index contributed by atoms with van der Waals surface area (Å²) in [5, 5.41) is 3.16. The van der Waals surface area contributed by atoms with Gasteiger partial charge < -0.3 is 5.32 Å². The van der Waals surface area contributed by atoms with Gasteiger partial charge in [-0.25, -0.2) is 0 Å². The van der Waals surface area contributed by atoms with E-state index in [1.165, 1.54) is 31.5 Å². The second-order valence-electron chi connectivity index (χ2n) is 7.79. The molecule has 3 nitrogen and oxygen atoms in total. The van der Waals surface area contributed by atoms with E-state index < -0.39 is 0 Å². The zero-order valence-electron chi connectivity index (χ0n) is 16.7. The lowest BCUT2D eigenvalue weighted by molar-refractivity contribution is -0.123. The zero-order valence-corrected chi connectivity index (χ0v) is 16.7. The van der Waals surface area contributed by atoms with Gasteiger partial charge in [0.25, 0.3) is 0 Å². The van der Waals surface area contributed by atoms with E-state index in [-0.39, 0.29) is 11.8 Å². The third-order valence-electron chi connectivity index (χ3n) is 5.75. The van der Waals surface area contributed by atoms with Crippen LogP contribution in [0.5, 0.6) is 0 Å². The zero-order chi connectivity index (χ0) is 19.1. The average Bonchev–Trinajstić information content (AvgIpc) is 3.21. The quantitative estimate of drug-likeness (QED) is 0.734. The van der Waals surface area contributed by atoms with Crippen molar-refractivity contribution >= 4 is 5.91 Å². The molecule has 1 aliphatic rings.